The number of piperidine rings is 1. The van der Waals surface area contributed by atoms with E-state index in [0.29, 0.717) is 25.3 Å². The minimum atomic E-state index is -3.25. The molecule has 0 saturated carbocycles. The number of carbonyl (C=O) groups excluding carboxylic acids is 1. The lowest BCUT2D eigenvalue weighted by atomic mass is 9.99. The van der Waals surface area contributed by atoms with Crippen LogP contribution in [0.25, 0.3) is 5.52 Å². The highest BCUT2D eigenvalue weighted by atomic mass is 32.2. The molecule has 1 atom stereocenters. The van der Waals surface area contributed by atoms with Crippen LogP contribution in [0.3, 0.4) is 0 Å². The summed E-state index contributed by atoms with van der Waals surface area (Å²) in [5.41, 5.74) is 1.17. The Labute approximate surface area is 190 Å². The number of nitrogens with zero attached hydrogens (tertiary/aromatic N) is 5. The zero-order valence-electron chi connectivity index (χ0n) is 19.0. The van der Waals surface area contributed by atoms with Crippen molar-refractivity contribution in [2.75, 3.05) is 65.7 Å². The molecular weight excluding hydrogens is 428 g/mol. The molecule has 10 heteroatoms. The Bertz CT molecular complexity index is 1050. The van der Waals surface area contributed by atoms with Gasteiger partial charge in [-0.3, -0.25) is 4.79 Å². The maximum absolute atomic E-state index is 13.0. The van der Waals surface area contributed by atoms with Gasteiger partial charge in [-0.1, -0.05) is 6.07 Å². The second kappa shape index (κ2) is 9.86. The summed E-state index contributed by atoms with van der Waals surface area (Å²) in [7, 11) is -1.10. The summed E-state index contributed by atoms with van der Waals surface area (Å²) in [6.45, 7) is 6.86. The fourth-order valence-corrected chi connectivity index (χ4v) is 5.54. The lowest BCUT2D eigenvalue weighted by molar-refractivity contribution is 0.0946. The minimum absolute atomic E-state index is 0.0350. The molecule has 4 rings (SSSR count). The molecular formula is C22H34N6O3S. The van der Waals surface area contributed by atoms with Crippen molar-refractivity contribution in [3.8, 4) is 0 Å². The predicted octanol–water partition coefficient (Wildman–Crippen LogP) is 0.841. The van der Waals surface area contributed by atoms with Crippen LogP contribution >= 0.6 is 0 Å². The number of piperazine rings is 1. The van der Waals surface area contributed by atoms with E-state index in [1.165, 1.54) is 10.6 Å². The number of imidazole rings is 1. The molecule has 1 unspecified atom stereocenters. The van der Waals surface area contributed by atoms with Crippen LogP contribution in [0.15, 0.2) is 24.4 Å². The van der Waals surface area contributed by atoms with Crippen molar-refractivity contribution in [2.45, 2.75) is 25.2 Å². The van der Waals surface area contributed by atoms with Gasteiger partial charge in [0.15, 0.2) is 5.69 Å². The number of sulfonamides is 1. The number of rotatable bonds is 7. The van der Waals surface area contributed by atoms with Crippen LogP contribution in [0.2, 0.25) is 0 Å². The summed E-state index contributed by atoms with van der Waals surface area (Å²) in [4.78, 5) is 22.5. The quantitative estimate of drug-likeness (QED) is 0.614. The third kappa shape index (κ3) is 5.31. The molecule has 0 aliphatic carbocycles. The largest absolute Gasteiger partial charge is 0.351 e. The number of carbonyl (C=O) groups is 1. The third-order valence-electron chi connectivity index (χ3n) is 6.54. The molecule has 0 bridgehead atoms. The average Bonchev–Trinajstić information content (AvgIpc) is 3.17. The third-order valence-corrected chi connectivity index (χ3v) is 7.81. The van der Waals surface area contributed by atoms with Gasteiger partial charge in [-0.2, -0.15) is 0 Å². The molecule has 2 aromatic heterocycles. The Morgan fingerprint density at radius 2 is 1.97 bits per heavy atom. The smallest absolute Gasteiger partial charge is 0.272 e. The number of hydrogen-bond donors (Lipinski definition) is 1. The van der Waals surface area contributed by atoms with Gasteiger partial charge in [-0.15, -0.1) is 0 Å². The molecule has 32 heavy (non-hydrogen) atoms. The summed E-state index contributed by atoms with van der Waals surface area (Å²) >= 11 is 0. The highest BCUT2D eigenvalue weighted by molar-refractivity contribution is 7.88. The van der Waals surface area contributed by atoms with E-state index >= 15 is 0 Å². The van der Waals surface area contributed by atoms with Crippen LogP contribution in [0.1, 0.15) is 41.5 Å². The molecule has 1 N–H and O–H groups in total. The second-order valence-corrected chi connectivity index (χ2v) is 11.0. The van der Waals surface area contributed by atoms with Crippen LogP contribution in [0.5, 0.6) is 0 Å². The Kier molecular flexibility index (Phi) is 7.14. The maximum atomic E-state index is 13.0. The number of likely N-dealkylation sites (N-methyl/N-ethyl adjacent to an activating group) is 1. The van der Waals surface area contributed by atoms with E-state index in [-0.39, 0.29) is 11.8 Å². The van der Waals surface area contributed by atoms with Gasteiger partial charge in [0.25, 0.3) is 5.91 Å². The van der Waals surface area contributed by atoms with E-state index in [2.05, 4.69) is 22.2 Å². The van der Waals surface area contributed by atoms with Crippen molar-refractivity contribution >= 4 is 21.4 Å². The van der Waals surface area contributed by atoms with Gasteiger partial charge in [0, 0.05) is 57.9 Å². The number of fused-ring (bicyclic) bond motifs is 1. The molecule has 2 aliphatic rings. The fraction of sp³-hybridized carbons (Fsp3) is 0.636. The monoisotopic (exact) mass is 462 g/mol. The van der Waals surface area contributed by atoms with E-state index in [1.807, 2.05) is 28.8 Å². The van der Waals surface area contributed by atoms with Crippen molar-refractivity contribution < 1.29 is 13.2 Å². The van der Waals surface area contributed by atoms with E-state index < -0.39 is 10.0 Å². The van der Waals surface area contributed by atoms with E-state index in [1.54, 1.807) is 0 Å². The molecule has 2 aromatic rings. The van der Waals surface area contributed by atoms with E-state index in [0.717, 1.165) is 63.3 Å². The molecule has 0 radical (unpaired) electrons. The fourth-order valence-electron chi connectivity index (χ4n) is 4.63. The van der Waals surface area contributed by atoms with Gasteiger partial charge in [0.05, 0.1) is 11.8 Å². The van der Waals surface area contributed by atoms with E-state index in [4.69, 9.17) is 4.98 Å². The van der Waals surface area contributed by atoms with E-state index in [9.17, 15) is 13.2 Å². The lowest BCUT2D eigenvalue weighted by Gasteiger charge is -2.32. The maximum Gasteiger partial charge on any atom is 0.272 e. The van der Waals surface area contributed by atoms with Gasteiger partial charge in [0.1, 0.15) is 5.82 Å². The van der Waals surface area contributed by atoms with Crippen LogP contribution in [0, 0.1) is 0 Å². The summed E-state index contributed by atoms with van der Waals surface area (Å²) in [6.07, 6.45) is 5.70. The Morgan fingerprint density at radius 3 is 2.72 bits per heavy atom. The molecule has 9 nitrogen and oxygen atoms in total. The van der Waals surface area contributed by atoms with Gasteiger partial charge in [-0.25, -0.2) is 17.7 Å². The zero-order chi connectivity index (χ0) is 22.7. The van der Waals surface area contributed by atoms with Crippen LogP contribution in [-0.2, 0) is 10.0 Å². The highest BCUT2D eigenvalue weighted by Gasteiger charge is 2.30. The van der Waals surface area contributed by atoms with Crippen molar-refractivity contribution in [1.29, 1.82) is 0 Å². The summed E-state index contributed by atoms with van der Waals surface area (Å²) in [5, 5.41) is 3.03. The predicted molar refractivity (Wildman–Crippen MR) is 124 cm³/mol. The molecule has 2 aliphatic heterocycles. The Balaban J connectivity index is 1.42. The van der Waals surface area contributed by atoms with Crippen LogP contribution in [0.4, 0.5) is 0 Å². The number of amides is 1. The van der Waals surface area contributed by atoms with Gasteiger partial charge in [-0.05, 0) is 45.0 Å². The standard InChI is InChI=1S/C22H34N6O3S/c1-25-13-15-26(16-14-25)10-6-9-23-22(29)20-19-8-3-4-12-28(19)21(24-20)18-7-5-11-27(17-18)32(2,30)31/h3-4,8,12,18H,5-7,9-11,13-17H2,1-2H3,(H,23,29). The van der Waals surface area contributed by atoms with Crippen LogP contribution < -0.4 is 5.32 Å². The summed E-state index contributed by atoms with van der Waals surface area (Å²) in [5.74, 6) is 0.554. The first-order valence-corrected chi connectivity index (χ1v) is 13.3. The first-order valence-electron chi connectivity index (χ1n) is 11.4. The SMILES string of the molecule is CN1CCN(CCCNC(=O)c2nc(C3CCCN(S(C)(=O)=O)C3)n3ccccc23)CC1. The topological polar surface area (TPSA) is 90.3 Å². The Hall–Kier alpha value is -2.01. The molecule has 4 heterocycles. The number of hydrogen-bond acceptors (Lipinski definition) is 6. The highest BCUT2D eigenvalue weighted by Crippen LogP contribution is 2.29. The molecule has 2 fully saturated rings. The number of aromatic nitrogens is 2. The number of nitrogens with one attached hydrogen (secondary N) is 1. The Morgan fingerprint density at radius 1 is 1.19 bits per heavy atom. The first kappa shape index (κ1) is 23.2. The zero-order valence-corrected chi connectivity index (χ0v) is 19.9. The summed E-state index contributed by atoms with van der Waals surface area (Å²) in [6, 6.07) is 5.70. The first-order chi connectivity index (χ1) is 15.3. The van der Waals surface area contributed by atoms with Crippen molar-refractivity contribution in [3.05, 3.63) is 35.9 Å². The van der Waals surface area contributed by atoms with Gasteiger partial charge >= 0.3 is 0 Å². The molecule has 2 saturated heterocycles. The second-order valence-electron chi connectivity index (χ2n) is 8.99. The molecule has 176 valence electrons. The molecule has 0 aromatic carbocycles. The minimum Gasteiger partial charge on any atom is -0.351 e. The van der Waals surface area contributed by atoms with Crippen molar-refractivity contribution in [2.24, 2.45) is 0 Å². The summed E-state index contributed by atoms with van der Waals surface area (Å²) < 4.78 is 27.5. The van der Waals surface area contributed by atoms with Crippen molar-refractivity contribution in [3.63, 3.8) is 0 Å². The van der Waals surface area contributed by atoms with Gasteiger partial charge in [0.2, 0.25) is 10.0 Å². The molecule has 1 amide bonds. The normalized spacial score (nSPS) is 21.8. The lowest BCUT2D eigenvalue weighted by Crippen LogP contribution is -2.45. The van der Waals surface area contributed by atoms with Crippen molar-refractivity contribution in [1.82, 2.24) is 28.8 Å². The molecule has 0 spiro atoms. The van der Waals surface area contributed by atoms with Gasteiger partial charge < -0.3 is 19.5 Å². The number of pyridine rings is 1. The average molecular weight is 463 g/mol. The van der Waals surface area contributed by atoms with Crippen LogP contribution in [-0.4, -0.2) is 103 Å².